The molecule has 6 nitrogen and oxygen atoms in total. The number of unbranched alkanes of at least 4 members (excludes halogenated alkanes) is 5. The molecule has 0 N–H and O–H groups in total. The molecule has 0 aromatic heterocycles. The molecular weight excluding hydrogens is 500 g/mol. The van der Waals surface area contributed by atoms with Crippen molar-refractivity contribution >= 4 is 29.5 Å². The Hall–Kier alpha value is -3.93. The van der Waals surface area contributed by atoms with Crippen LogP contribution in [0, 0.1) is 13.8 Å². The van der Waals surface area contributed by atoms with Gasteiger partial charge in [-0.25, -0.2) is 0 Å². The van der Waals surface area contributed by atoms with E-state index in [2.05, 4.69) is 43.9 Å². The predicted molar refractivity (Wildman–Crippen MR) is 160 cm³/mol. The molecule has 40 heavy (non-hydrogen) atoms. The average molecular weight is 541 g/mol. The smallest absolute Gasteiger partial charge is 0.261 e. The molecule has 3 aromatic rings. The van der Waals surface area contributed by atoms with Crippen molar-refractivity contribution < 1.29 is 19.1 Å². The third-order valence-corrected chi connectivity index (χ3v) is 7.48. The fourth-order valence-electron chi connectivity index (χ4n) is 5.31. The van der Waals surface area contributed by atoms with Crippen molar-refractivity contribution in [2.45, 2.75) is 65.7 Å². The lowest BCUT2D eigenvalue weighted by Crippen LogP contribution is -2.31. The van der Waals surface area contributed by atoms with Crippen LogP contribution in [-0.4, -0.2) is 42.7 Å². The highest BCUT2D eigenvalue weighted by Gasteiger charge is 2.34. The fourth-order valence-corrected chi connectivity index (χ4v) is 5.31. The third-order valence-electron chi connectivity index (χ3n) is 7.48. The first kappa shape index (κ1) is 29.1. The second kappa shape index (κ2) is 13.9. The Balaban J connectivity index is 1.45. The minimum atomic E-state index is -0.269. The summed E-state index contributed by atoms with van der Waals surface area (Å²) in [4.78, 5) is 40.7. The zero-order valence-electron chi connectivity index (χ0n) is 23.9. The van der Waals surface area contributed by atoms with Crippen LogP contribution in [0.15, 0.2) is 60.7 Å². The number of carbonyl (C=O) groups is 3. The number of hydrogen-bond donors (Lipinski definition) is 0. The number of carbonyl (C=O) groups excluding carboxylic acids is 3. The fraction of sp³-hybridized carbons (Fsp3) is 0.382. The number of hydrogen-bond acceptors (Lipinski definition) is 5. The van der Waals surface area contributed by atoms with Crippen molar-refractivity contribution in [3.8, 4) is 5.75 Å². The predicted octanol–water partition coefficient (Wildman–Crippen LogP) is 7.68. The number of anilines is 2. The normalized spacial score (nSPS) is 12.5. The summed E-state index contributed by atoms with van der Waals surface area (Å²) in [5, 5.41) is 0. The van der Waals surface area contributed by atoms with Gasteiger partial charge in [-0.3, -0.25) is 19.3 Å². The van der Waals surface area contributed by atoms with Gasteiger partial charge in [0.1, 0.15) is 5.75 Å². The van der Waals surface area contributed by atoms with Gasteiger partial charge in [0.25, 0.3) is 11.8 Å². The van der Waals surface area contributed by atoms with Gasteiger partial charge in [0, 0.05) is 30.5 Å². The summed E-state index contributed by atoms with van der Waals surface area (Å²) in [5.41, 5.74) is 5.91. The molecule has 3 aromatic carbocycles. The van der Waals surface area contributed by atoms with Gasteiger partial charge in [-0.15, -0.1) is 0 Å². The van der Waals surface area contributed by atoms with Crippen molar-refractivity contribution in [1.29, 1.82) is 0 Å². The molecule has 0 saturated carbocycles. The van der Waals surface area contributed by atoms with E-state index in [1.54, 1.807) is 30.3 Å². The number of fused-ring (bicyclic) bond motifs is 1. The number of aryl methyl sites for hydroxylation is 2. The second-order valence-electron chi connectivity index (χ2n) is 10.6. The lowest BCUT2D eigenvalue weighted by molar-refractivity contribution is 0.0646. The Morgan fingerprint density at radius 1 is 0.825 bits per heavy atom. The molecule has 1 aliphatic rings. The molecule has 2 amide bonds. The van der Waals surface area contributed by atoms with Gasteiger partial charge < -0.3 is 9.64 Å². The van der Waals surface area contributed by atoms with Crippen LogP contribution in [0.1, 0.15) is 94.1 Å². The molecule has 1 heterocycles. The molecule has 1 aliphatic heterocycles. The lowest BCUT2D eigenvalue weighted by atomic mass is 10.1. The number of nitrogens with zero attached hydrogens (tertiary/aromatic N) is 2. The molecule has 0 fully saturated rings. The zero-order valence-corrected chi connectivity index (χ0v) is 23.9. The molecule has 0 radical (unpaired) electrons. The number of aldehydes is 1. The SMILES string of the molecule is CCCCCCCCN(c1ccc(C=O)c(OCCCN2C(=O)c3ccccc3C2=O)c1)c1ccc(C)cc1C. The summed E-state index contributed by atoms with van der Waals surface area (Å²) in [5.74, 6) is -0.0301. The standard InChI is InChI=1S/C34H40N2O4/c1-4-5-6-7-8-11-19-35(31-18-15-25(2)22-26(31)3)28-17-16-27(24-37)32(23-28)40-21-12-20-36-33(38)29-13-9-10-14-30(29)34(36)39/h9-10,13-18,22-24H,4-8,11-12,19-21H2,1-3H3. The van der Waals surface area contributed by atoms with E-state index in [1.807, 2.05) is 12.1 Å². The van der Waals surface area contributed by atoms with E-state index in [0.717, 1.165) is 30.6 Å². The van der Waals surface area contributed by atoms with Crippen LogP contribution in [0.4, 0.5) is 11.4 Å². The molecular formula is C34H40N2O4. The van der Waals surface area contributed by atoms with E-state index in [-0.39, 0.29) is 25.0 Å². The maximum Gasteiger partial charge on any atom is 0.261 e. The molecule has 0 aliphatic carbocycles. The topological polar surface area (TPSA) is 66.9 Å². The van der Waals surface area contributed by atoms with Crippen LogP contribution < -0.4 is 9.64 Å². The number of imide groups is 1. The average Bonchev–Trinajstić information content (AvgIpc) is 3.20. The highest BCUT2D eigenvalue weighted by Crippen LogP contribution is 2.33. The molecule has 210 valence electrons. The third kappa shape index (κ3) is 6.79. The lowest BCUT2D eigenvalue weighted by Gasteiger charge is -2.28. The van der Waals surface area contributed by atoms with Crippen LogP contribution in [-0.2, 0) is 0 Å². The summed E-state index contributed by atoms with van der Waals surface area (Å²) in [6, 6.07) is 19.1. The maximum atomic E-state index is 12.6. The zero-order chi connectivity index (χ0) is 28.5. The van der Waals surface area contributed by atoms with E-state index >= 15 is 0 Å². The Morgan fingerprint density at radius 3 is 2.20 bits per heavy atom. The van der Waals surface area contributed by atoms with Crippen molar-refractivity contribution in [3.63, 3.8) is 0 Å². The van der Waals surface area contributed by atoms with Gasteiger partial charge in [0.05, 0.1) is 23.3 Å². The van der Waals surface area contributed by atoms with E-state index in [0.29, 0.717) is 28.9 Å². The van der Waals surface area contributed by atoms with Gasteiger partial charge in [0.15, 0.2) is 6.29 Å². The van der Waals surface area contributed by atoms with Crippen LogP contribution in [0.5, 0.6) is 5.75 Å². The summed E-state index contributed by atoms with van der Waals surface area (Å²) < 4.78 is 6.07. The first-order valence-corrected chi connectivity index (χ1v) is 14.5. The van der Waals surface area contributed by atoms with Gasteiger partial charge in [-0.05, 0) is 62.6 Å². The van der Waals surface area contributed by atoms with Gasteiger partial charge in [-0.1, -0.05) is 68.9 Å². The first-order valence-electron chi connectivity index (χ1n) is 14.5. The van der Waals surface area contributed by atoms with Crippen molar-refractivity contribution in [1.82, 2.24) is 4.90 Å². The van der Waals surface area contributed by atoms with Gasteiger partial charge >= 0.3 is 0 Å². The molecule has 0 spiro atoms. The Labute approximate surface area is 237 Å². The molecule has 0 bridgehead atoms. The van der Waals surface area contributed by atoms with Crippen LogP contribution in [0.3, 0.4) is 0 Å². The second-order valence-corrected chi connectivity index (χ2v) is 10.6. The van der Waals surface area contributed by atoms with Crippen LogP contribution in [0.25, 0.3) is 0 Å². The molecule has 0 saturated heterocycles. The van der Waals surface area contributed by atoms with Crippen molar-refractivity contribution in [2.24, 2.45) is 0 Å². The minimum absolute atomic E-state index is 0.259. The Kier molecular flexibility index (Phi) is 10.1. The minimum Gasteiger partial charge on any atom is -0.493 e. The maximum absolute atomic E-state index is 12.6. The van der Waals surface area contributed by atoms with E-state index < -0.39 is 0 Å². The van der Waals surface area contributed by atoms with E-state index in [4.69, 9.17) is 4.74 Å². The number of amides is 2. The quantitative estimate of drug-likeness (QED) is 0.112. The monoisotopic (exact) mass is 540 g/mol. The Morgan fingerprint density at radius 2 is 1.52 bits per heavy atom. The summed E-state index contributed by atoms with van der Waals surface area (Å²) >= 11 is 0. The summed E-state index contributed by atoms with van der Waals surface area (Å²) in [6.07, 6.45) is 8.54. The molecule has 4 rings (SSSR count). The molecule has 0 unspecified atom stereocenters. The van der Waals surface area contributed by atoms with Crippen LogP contribution >= 0.6 is 0 Å². The molecule has 6 heteroatoms. The van der Waals surface area contributed by atoms with Crippen molar-refractivity contribution in [2.75, 3.05) is 24.6 Å². The number of ether oxygens (including phenoxy) is 1. The van der Waals surface area contributed by atoms with Gasteiger partial charge in [-0.2, -0.15) is 0 Å². The van der Waals surface area contributed by atoms with E-state index in [9.17, 15) is 14.4 Å². The Bertz CT molecular complexity index is 1310. The van der Waals surface area contributed by atoms with E-state index in [1.165, 1.54) is 48.1 Å². The molecule has 0 atom stereocenters. The summed E-state index contributed by atoms with van der Waals surface area (Å²) in [6.45, 7) is 7.87. The van der Waals surface area contributed by atoms with Gasteiger partial charge in [0.2, 0.25) is 0 Å². The highest BCUT2D eigenvalue weighted by molar-refractivity contribution is 6.21. The number of rotatable bonds is 15. The number of benzene rings is 3. The first-order chi connectivity index (χ1) is 19.4. The van der Waals surface area contributed by atoms with Crippen LogP contribution in [0.2, 0.25) is 0 Å². The highest BCUT2D eigenvalue weighted by atomic mass is 16.5. The largest absolute Gasteiger partial charge is 0.493 e. The summed E-state index contributed by atoms with van der Waals surface area (Å²) in [7, 11) is 0. The van der Waals surface area contributed by atoms with Crippen molar-refractivity contribution in [3.05, 3.63) is 88.5 Å².